The lowest BCUT2D eigenvalue weighted by molar-refractivity contribution is 0.660. The van der Waals surface area contributed by atoms with Gasteiger partial charge in [0.2, 0.25) is 0 Å². The summed E-state index contributed by atoms with van der Waals surface area (Å²) in [6.45, 7) is 4.72. The maximum atomic E-state index is 6.32. The molecule has 42 heavy (non-hydrogen) atoms. The number of rotatable bonds is 2. The Bertz CT molecular complexity index is 2330. The highest BCUT2D eigenvalue weighted by atomic mass is 16.3. The van der Waals surface area contributed by atoms with Gasteiger partial charge in [-0.05, 0) is 84.3 Å². The van der Waals surface area contributed by atoms with E-state index in [9.17, 15) is 0 Å². The minimum absolute atomic E-state index is 0.0501. The standard InChI is InChI=1S/C41H28O/c1-41(2)34-19-9-7-12-26(34)27-23-22-25(24-35(27)41)38-28-13-3-5-15-30(28)39(31-16-6-4-14-29(31)38)33-18-11-21-37-40(33)32-17-8-10-20-36(32)42-37/h3-24H,1-2H3. The molecule has 1 heterocycles. The Morgan fingerprint density at radius 1 is 0.429 bits per heavy atom. The molecule has 0 radical (unpaired) electrons. The summed E-state index contributed by atoms with van der Waals surface area (Å²) in [6.07, 6.45) is 0. The molecule has 7 aromatic carbocycles. The average molecular weight is 537 g/mol. The molecule has 198 valence electrons. The molecule has 1 heteroatoms. The molecule has 0 spiro atoms. The molecule has 0 saturated carbocycles. The molecule has 1 aliphatic rings. The molecule has 0 atom stereocenters. The summed E-state index contributed by atoms with van der Waals surface area (Å²) < 4.78 is 6.32. The number of hydrogen-bond donors (Lipinski definition) is 0. The largest absolute Gasteiger partial charge is 0.456 e. The molecule has 1 aromatic heterocycles. The van der Waals surface area contributed by atoms with E-state index in [0.717, 1.165) is 16.6 Å². The van der Waals surface area contributed by atoms with Gasteiger partial charge in [-0.25, -0.2) is 0 Å². The van der Waals surface area contributed by atoms with E-state index >= 15 is 0 Å². The summed E-state index contributed by atoms with van der Waals surface area (Å²) in [5.41, 5.74) is 12.3. The first kappa shape index (κ1) is 23.6. The second-order valence-corrected chi connectivity index (χ2v) is 12.0. The van der Waals surface area contributed by atoms with E-state index in [4.69, 9.17) is 4.42 Å². The minimum atomic E-state index is -0.0501. The summed E-state index contributed by atoms with van der Waals surface area (Å²) in [4.78, 5) is 0. The van der Waals surface area contributed by atoms with Crippen molar-refractivity contribution < 1.29 is 4.42 Å². The summed E-state index contributed by atoms with van der Waals surface area (Å²) in [7, 11) is 0. The lowest BCUT2D eigenvalue weighted by atomic mass is 9.80. The highest BCUT2D eigenvalue weighted by Crippen LogP contribution is 2.51. The maximum Gasteiger partial charge on any atom is 0.136 e. The van der Waals surface area contributed by atoms with Crippen LogP contribution < -0.4 is 0 Å². The van der Waals surface area contributed by atoms with E-state index in [1.807, 2.05) is 6.07 Å². The Hall–Kier alpha value is -5.14. The van der Waals surface area contributed by atoms with Crippen LogP contribution >= 0.6 is 0 Å². The summed E-state index contributed by atoms with van der Waals surface area (Å²) in [6, 6.07) is 48.7. The van der Waals surface area contributed by atoms with Crippen LogP contribution in [0.15, 0.2) is 138 Å². The first-order chi connectivity index (χ1) is 20.6. The molecule has 0 saturated heterocycles. The average Bonchev–Trinajstić information content (AvgIpc) is 3.52. The van der Waals surface area contributed by atoms with Crippen molar-refractivity contribution in [1.29, 1.82) is 0 Å². The van der Waals surface area contributed by atoms with Gasteiger partial charge < -0.3 is 4.42 Å². The van der Waals surface area contributed by atoms with E-state index in [-0.39, 0.29) is 5.41 Å². The third-order valence-corrected chi connectivity index (χ3v) is 9.48. The molecule has 0 bridgehead atoms. The molecule has 9 rings (SSSR count). The Balaban J connectivity index is 1.39. The molecular weight excluding hydrogens is 508 g/mol. The summed E-state index contributed by atoms with van der Waals surface area (Å²) in [5, 5.41) is 7.38. The zero-order chi connectivity index (χ0) is 28.0. The van der Waals surface area contributed by atoms with Gasteiger partial charge in [0, 0.05) is 16.2 Å². The minimum Gasteiger partial charge on any atom is -0.456 e. The van der Waals surface area contributed by atoms with Crippen LogP contribution in [0.1, 0.15) is 25.0 Å². The van der Waals surface area contributed by atoms with E-state index in [1.54, 1.807) is 0 Å². The number of para-hydroxylation sites is 1. The second-order valence-electron chi connectivity index (χ2n) is 12.0. The first-order valence-corrected chi connectivity index (χ1v) is 14.7. The molecule has 0 fully saturated rings. The lowest BCUT2D eigenvalue weighted by Gasteiger charge is -2.23. The molecular formula is C41H28O. The first-order valence-electron chi connectivity index (χ1n) is 14.7. The second kappa shape index (κ2) is 8.44. The zero-order valence-corrected chi connectivity index (χ0v) is 23.6. The van der Waals surface area contributed by atoms with E-state index in [0.29, 0.717) is 0 Å². The van der Waals surface area contributed by atoms with Crippen molar-refractivity contribution in [3.8, 4) is 33.4 Å². The van der Waals surface area contributed by atoms with Gasteiger partial charge >= 0.3 is 0 Å². The van der Waals surface area contributed by atoms with Crippen LogP contribution in [0.25, 0.3) is 76.9 Å². The van der Waals surface area contributed by atoms with Gasteiger partial charge in [0.1, 0.15) is 11.2 Å². The Morgan fingerprint density at radius 3 is 1.71 bits per heavy atom. The van der Waals surface area contributed by atoms with Crippen molar-refractivity contribution in [3.05, 3.63) is 145 Å². The number of fused-ring (bicyclic) bond motifs is 8. The van der Waals surface area contributed by atoms with Crippen LogP contribution in [0.2, 0.25) is 0 Å². The van der Waals surface area contributed by atoms with Gasteiger partial charge in [0.25, 0.3) is 0 Å². The predicted molar refractivity (Wildman–Crippen MR) is 177 cm³/mol. The maximum absolute atomic E-state index is 6.32. The van der Waals surface area contributed by atoms with E-state index in [1.165, 1.54) is 71.4 Å². The van der Waals surface area contributed by atoms with Crippen molar-refractivity contribution in [2.45, 2.75) is 19.3 Å². The Kier molecular flexibility index (Phi) is 4.73. The summed E-state index contributed by atoms with van der Waals surface area (Å²) in [5.74, 6) is 0. The van der Waals surface area contributed by atoms with E-state index in [2.05, 4.69) is 141 Å². The van der Waals surface area contributed by atoms with Gasteiger partial charge in [0.15, 0.2) is 0 Å². The molecule has 1 aliphatic carbocycles. The van der Waals surface area contributed by atoms with Crippen LogP contribution in [0.5, 0.6) is 0 Å². The highest BCUT2D eigenvalue weighted by Gasteiger charge is 2.35. The number of benzene rings is 7. The molecule has 8 aromatic rings. The number of furan rings is 1. The van der Waals surface area contributed by atoms with Crippen molar-refractivity contribution in [2.75, 3.05) is 0 Å². The fourth-order valence-corrected chi connectivity index (χ4v) is 7.57. The van der Waals surface area contributed by atoms with Crippen LogP contribution in [0, 0.1) is 0 Å². The SMILES string of the molecule is CC1(C)c2ccccc2-c2ccc(-c3c4ccccc4c(-c4cccc5oc6ccccc6c45)c4ccccc34)cc21. The molecule has 1 nitrogen and oxygen atoms in total. The van der Waals surface area contributed by atoms with Crippen molar-refractivity contribution in [3.63, 3.8) is 0 Å². The third kappa shape index (κ3) is 3.08. The smallest absolute Gasteiger partial charge is 0.136 e. The monoisotopic (exact) mass is 536 g/mol. The summed E-state index contributed by atoms with van der Waals surface area (Å²) >= 11 is 0. The lowest BCUT2D eigenvalue weighted by Crippen LogP contribution is -2.14. The molecule has 0 N–H and O–H groups in total. The van der Waals surface area contributed by atoms with Crippen LogP contribution in [0.3, 0.4) is 0 Å². The van der Waals surface area contributed by atoms with Crippen molar-refractivity contribution >= 4 is 43.5 Å². The fourth-order valence-electron chi connectivity index (χ4n) is 7.57. The fraction of sp³-hybridized carbons (Fsp3) is 0.0732. The van der Waals surface area contributed by atoms with Crippen LogP contribution in [-0.2, 0) is 5.41 Å². The Labute approximate surface area is 244 Å². The molecule has 0 amide bonds. The zero-order valence-electron chi connectivity index (χ0n) is 23.6. The van der Waals surface area contributed by atoms with Crippen LogP contribution in [-0.4, -0.2) is 0 Å². The van der Waals surface area contributed by atoms with Gasteiger partial charge in [-0.1, -0.05) is 129 Å². The van der Waals surface area contributed by atoms with Gasteiger partial charge in [-0.3, -0.25) is 0 Å². The molecule has 0 unspecified atom stereocenters. The predicted octanol–water partition coefficient (Wildman–Crippen LogP) is 11.5. The van der Waals surface area contributed by atoms with Crippen molar-refractivity contribution in [2.24, 2.45) is 0 Å². The van der Waals surface area contributed by atoms with Gasteiger partial charge in [-0.15, -0.1) is 0 Å². The number of hydrogen-bond acceptors (Lipinski definition) is 1. The third-order valence-electron chi connectivity index (χ3n) is 9.48. The van der Waals surface area contributed by atoms with E-state index < -0.39 is 0 Å². The normalized spacial score (nSPS) is 13.7. The topological polar surface area (TPSA) is 13.1 Å². The van der Waals surface area contributed by atoms with Gasteiger partial charge in [0.05, 0.1) is 0 Å². The Morgan fingerprint density at radius 2 is 0.976 bits per heavy atom. The van der Waals surface area contributed by atoms with Crippen molar-refractivity contribution in [1.82, 2.24) is 0 Å². The molecule has 0 aliphatic heterocycles. The van der Waals surface area contributed by atoms with Crippen LogP contribution in [0.4, 0.5) is 0 Å². The van der Waals surface area contributed by atoms with Gasteiger partial charge in [-0.2, -0.15) is 0 Å². The quantitative estimate of drug-likeness (QED) is 0.200. The highest BCUT2D eigenvalue weighted by molar-refractivity contribution is 6.25.